The third-order valence-corrected chi connectivity index (χ3v) is 8.43. The van der Waals surface area contributed by atoms with Gasteiger partial charge in [0.25, 0.3) is 0 Å². The molecule has 1 aromatic heterocycles. The van der Waals surface area contributed by atoms with E-state index in [4.69, 9.17) is 0 Å². The van der Waals surface area contributed by atoms with Gasteiger partial charge in [0, 0.05) is 12.4 Å². The van der Waals surface area contributed by atoms with Gasteiger partial charge in [0.1, 0.15) is 0 Å². The fourth-order valence-electron chi connectivity index (χ4n) is 7.11. The first kappa shape index (κ1) is 16.7. The van der Waals surface area contributed by atoms with Crippen molar-refractivity contribution in [2.24, 2.45) is 28.6 Å². The van der Waals surface area contributed by atoms with Crippen molar-refractivity contribution in [1.29, 1.82) is 0 Å². The van der Waals surface area contributed by atoms with Gasteiger partial charge >= 0.3 is 0 Å². The molecule has 0 amide bonds. The SMILES string of the molecule is C[C@]12CC[C@H](O)CC1=CC[C@H]1[C@@H]3CC=C[C@@]3(Cc3cccnc3)CC[C@@H]12. The fourth-order valence-corrected chi connectivity index (χ4v) is 7.11. The Labute approximate surface area is 157 Å². The molecule has 2 heteroatoms. The van der Waals surface area contributed by atoms with Gasteiger partial charge in [-0.3, -0.25) is 4.98 Å². The van der Waals surface area contributed by atoms with Crippen molar-refractivity contribution >= 4 is 0 Å². The molecule has 1 heterocycles. The van der Waals surface area contributed by atoms with Crippen LogP contribution in [-0.4, -0.2) is 16.2 Å². The first-order valence-electron chi connectivity index (χ1n) is 10.5. The topological polar surface area (TPSA) is 33.1 Å². The monoisotopic (exact) mass is 349 g/mol. The number of fused-ring (bicyclic) bond motifs is 5. The first-order chi connectivity index (χ1) is 12.6. The van der Waals surface area contributed by atoms with Crippen LogP contribution < -0.4 is 0 Å². The van der Waals surface area contributed by atoms with E-state index in [2.05, 4.69) is 48.5 Å². The molecule has 26 heavy (non-hydrogen) atoms. The third kappa shape index (κ3) is 2.45. The summed E-state index contributed by atoms with van der Waals surface area (Å²) in [5.41, 5.74) is 3.65. The largest absolute Gasteiger partial charge is 0.393 e. The van der Waals surface area contributed by atoms with Crippen molar-refractivity contribution in [2.45, 2.75) is 64.4 Å². The molecule has 2 fully saturated rings. The number of hydrogen-bond donors (Lipinski definition) is 1. The van der Waals surface area contributed by atoms with Gasteiger partial charge in [-0.1, -0.05) is 36.8 Å². The smallest absolute Gasteiger partial charge is 0.0577 e. The van der Waals surface area contributed by atoms with Gasteiger partial charge < -0.3 is 5.11 Å². The van der Waals surface area contributed by atoms with Gasteiger partial charge in [-0.15, -0.1) is 0 Å². The number of rotatable bonds is 2. The summed E-state index contributed by atoms with van der Waals surface area (Å²) in [6, 6.07) is 4.33. The molecule has 0 radical (unpaired) electrons. The maximum atomic E-state index is 10.2. The molecule has 0 unspecified atom stereocenters. The highest BCUT2D eigenvalue weighted by Gasteiger charge is 2.55. The molecule has 138 valence electrons. The summed E-state index contributed by atoms with van der Waals surface area (Å²) in [5.74, 6) is 2.39. The van der Waals surface area contributed by atoms with Crippen LogP contribution in [0.1, 0.15) is 57.4 Å². The lowest BCUT2D eigenvalue weighted by molar-refractivity contribution is -0.0320. The summed E-state index contributed by atoms with van der Waals surface area (Å²) in [7, 11) is 0. The standard InChI is InChI=1S/C24H31NO/c1-23-11-8-19(26)14-18(23)6-7-20-21(23)9-12-24(10-2-5-22(20)24)15-17-4-3-13-25-16-17/h2-4,6,10,13,16,19-22,26H,5,7-9,11-12,14-15H2,1H3/t19-,20+,21-,22-,23-,24-/m0/s1. The maximum Gasteiger partial charge on any atom is 0.0577 e. The summed E-state index contributed by atoms with van der Waals surface area (Å²) in [6.07, 6.45) is 20.8. The average molecular weight is 350 g/mol. The molecule has 4 aliphatic carbocycles. The Balaban J connectivity index is 1.45. The van der Waals surface area contributed by atoms with Crippen molar-refractivity contribution in [3.63, 3.8) is 0 Å². The Hall–Kier alpha value is -1.41. The minimum absolute atomic E-state index is 0.104. The van der Waals surface area contributed by atoms with Crippen LogP contribution in [0.3, 0.4) is 0 Å². The van der Waals surface area contributed by atoms with E-state index in [1.54, 1.807) is 5.57 Å². The highest BCUT2D eigenvalue weighted by molar-refractivity contribution is 5.28. The number of pyridine rings is 1. The Bertz CT molecular complexity index is 738. The summed E-state index contributed by atoms with van der Waals surface area (Å²) < 4.78 is 0. The van der Waals surface area contributed by atoms with Gasteiger partial charge in [0.15, 0.2) is 0 Å². The number of nitrogens with zero attached hydrogens (tertiary/aromatic N) is 1. The zero-order valence-electron chi connectivity index (χ0n) is 15.9. The Kier molecular flexibility index (Phi) is 3.90. The van der Waals surface area contributed by atoms with Crippen LogP contribution in [0.25, 0.3) is 0 Å². The first-order valence-corrected chi connectivity index (χ1v) is 10.5. The lowest BCUT2D eigenvalue weighted by atomic mass is 9.47. The predicted octanol–water partition coefficient (Wildman–Crippen LogP) is 5.09. The van der Waals surface area contributed by atoms with Crippen LogP contribution in [0.2, 0.25) is 0 Å². The van der Waals surface area contributed by atoms with Crippen LogP contribution in [-0.2, 0) is 6.42 Å². The van der Waals surface area contributed by atoms with Crippen LogP contribution in [0.5, 0.6) is 0 Å². The van der Waals surface area contributed by atoms with Gasteiger partial charge in [-0.2, -0.15) is 0 Å². The van der Waals surface area contributed by atoms with Crippen molar-refractivity contribution in [3.8, 4) is 0 Å². The molecule has 2 nitrogen and oxygen atoms in total. The normalized spacial score (nSPS) is 44.0. The van der Waals surface area contributed by atoms with Crippen molar-refractivity contribution in [2.75, 3.05) is 0 Å². The highest BCUT2D eigenvalue weighted by atomic mass is 16.3. The maximum absolute atomic E-state index is 10.2. The zero-order chi connectivity index (χ0) is 17.8. The molecule has 1 N–H and O–H groups in total. The second-order valence-electron chi connectivity index (χ2n) is 9.60. The van der Waals surface area contributed by atoms with Gasteiger partial charge in [-0.05, 0) is 91.6 Å². The third-order valence-electron chi connectivity index (χ3n) is 8.43. The summed E-state index contributed by atoms with van der Waals surface area (Å²) >= 11 is 0. The minimum Gasteiger partial charge on any atom is -0.393 e. The summed E-state index contributed by atoms with van der Waals surface area (Å²) in [5, 5.41) is 10.2. The van der Waals surface area contributed by atoms with E-state index in [0.717, 1.165) is 37.0 Å². The molecule has 2 saturated carbocycles. The van der Waals surface area contributed by atoms with Crippen molar-refractivity contribution < 1.29 is 5.11 Å². The molecular weight excluding hydrogens is 318 g/mol. The van der Waals surface area contributed by atoms with E-state index in [9.17, 15) is 5.11 Å². The second-order valence-corrected chi connectivity index (χ2v) is 9.60. The van der Waals surface area contributed by atoms with E-state index in [-0.39, 0.29) is 6.10 Å². The number of aromatic nitrogens is 1. The molecule has 0 spiro atoms. The lowest BCUT2D eigenvalue weighted by Crippen LogP contribution is -2.50. The quantitative estimate of drug-likeness (QED) is 0.754. The van der Waals surface area contributed by atoms with Crippen LogP contribution in [0, 0.1) is 28.6 Å². The molecule has 0 saturated heterocycles. The summed E-state index contributed by atoms with van der Waals surface area (Å²) in [4.78, 5) is 4.36. The Morgan fingerprint density at radius 3 is 2.96 bits per heavy atom. The molecule has 0 aliphatic heterocycles. The molecule has 5 rings (SSSR count). The average Bonchev–Trinajstić information content (AvgIpc) is 3.07. The molecule has 4 aliphatic rings. The van der Waals surface area contributed by atoms with E-state index in [1.165, 1.54) is 37.7 Å². The van der Waals surface area contributed by atoms with E-state index in [0.29, 0.717) is 10.8 Å². The summed E-state index contributed by atoms with van der Waals surface area (Å²) in [6.45, 7) is 2.51. The van der Waals surface area contributed by atoms with Crippen LogP contribution >= 0.6 is 0 Å². The molecule has 6 atom stereocenters. The minimum atomic E-state index is -0.104. The number of aliphatic hydroxyl groups excluding tert-OH is 1. The van der Waals surface area contributed by atoms with Gasteiger partial charge in [0.05, 0.1) is 6.10 Å². The van der Waals surface area contributed by atoms with Gasteiger partial charge in [-0.25, -0.2) is 0 Å². The van der Waals surface area contributed by atoms with E-state index < -0.39 is 0 Å². The number of allylic oxidation sites excluding steroid dienone is 3. The van der Waals surface area contributed by atoms with E-state index >= 15 is 0 Å². The zero-order valence-corrected chi connectivity index (χ0v) is 15.9. The van der Waals surface area contributed by atoms with Gasteiger partial charge in [0.2, 0.25) is 0 Å². The molecule has 0 aromatic carbocycles. The molecule has 1 aromatic rings. The lowest BCUT2D eigenvalue weighted by Gasteiger charge is -2.57. The highest BCUT2D eigenvalue weighted by Crippen LogP contribution is 2.64. The van der Waals surface area contributed by atoms with Crippen LogP contribution in [0.4, 0.5) is 0 Å². The fraction of sp³-hybridized carbons (Fsp3) is 0.625. The van der Waals surface area contributed by atoms with Crippen molar-refractivity contribution in [1.82, 2.24) is 4.98 Å². The molecule has 0 bridgehead atoms. The second kappa shape index (κ2) is 6.05. The Morgan fingerprint density at radius 2 is 2.12 bits per heavy atom. The van der Waals surface area contributed by atoms with E-state index in [1.807, 2.05) is 6.20 Å². The predicted molar refractivity (Wildman–Crippen MR) is 104 cm³/mol. The Morgan fingerprint density at radius 1 is 1.19 bits per heavy atom. The van der Waals surface area contributed by atoms with Crippen LogP contribution in [0.15, 0.2) is 48.3 Å². The molecular formula is C24H31NO. The number of hydrogen-bond acceptors (Lipinski definition) is 2. The number of aliphatic hydroxyl groups is 1. The van der Waals surface area contributed by atoms with Crippen molar-refractivity contribution in [3.05, 3.63) is 53.9 Å².